The van der Waals surface area contributed by atoms with E-state index in [9.17, 15) is 14.0 Å². The van der Waals surface area contributed by atoms with Gasteiger partial charge in [0.25, 0.3) is 0 Å². The number of benzene rings is 2. The van der Waals surface area contributed by atoms with Crippen LogP contribution in [0.3, 0.4) is 0 Å². The third-order valence-electron chi connectivity index (χ3n) is 4.00. The van der Waals surface area contributed by atoms with E-state index in [-0.39, 0.29) is 37.2 Å². The standard InChI is InChI=1S/C21H25FN2O3/c1-3-13-24(15-20(25)23-19-7-5-4-6-16(19)2)21(26)12-14-27-18-10-8-17(22)9-11-18/h4-11H,3,12-15H2,1-2H3,(H,23,25). The summed E-state index contributed by atoms with van der Waals surface area (Å²) in [5, 5.41) is 2.84. The van der Waals surface area contributed by atoms with E-state index in [4.69, 9.17) is 4.74 Å². The molecular weight excluding hydrogens is 347 g/mol. The number of halogens is 1. The molecule has 5 nitrogen and oxygen atoms in total. The number of para-hydroxylation sites is 1. The first-order valence-electron chi connectivity index (χ1n) is 9.01. The van der Waals surface area contributed by atoms with E-state index in [2.05, 4.69) is 5.32 Å². The van der Waals surface area contributed by atoms with Crippen LogP contribution in [0.2, 0.25) is 0 Å². The van der Waals surface area contributed by atoms with Crippen molar-refractivity contribution >= 4 is 17.5 Å². The van der Waals surface area contributed by atoms with Crippen LogP contribution in [-0.4, -0.2) is 36.4 Å². The highest BCUT2D eigenvalue weighted by Gasteiger charge is 2.17. The fourth-order valence-corrected chi connectivity index (χ4v) is 2.58. The summed E-state index contributed by atoms with van der Waals surface area (Å²) in [7, 11) is 0. The van der Waals surface area contributed by atoms with Gasteiger partial charge in [-0.15, -0.1) is 0 Å². The number of hydrogen-bond donors (Lipinski definition) is 1. The number of ether oxygens (including phenoxy) is 1. The van der Waals surface area contributed by atoms with E-state index in [1.807, 2.05) is 38.1 Å². The van der Waals surface area contributed by atoms with Crippen LogP contribution in [0.25, 0.3) is 0 Å². The van der Waals surface area contributed by atoms with Gasteiger partial charge >= 0.3 is 0 Å². The summed E-state index contributed by atoms with van der Waals surface area (Å²) in [6.45, 7) is 4.53. The highest BCUT2D eigenvalue weighted by atomic mass is 19.1. The second kappa shape index (κ2) is 10.3. The molecule has 2 aromatic rings. The second-order valence-corrected chi connectivity index (χ2v) is 6.23. The number of amides is 2. The molecule has 0 aromatic heterocycles. The van der Waals surface area contributed by atoms with Crippen molar-refractivity contribution in [3.8, 4) is 5.75 Å². The van der Waals surface area contributed by atoms with Crippen LogP contribution in [0.15, 0.2) is 48.5 Å². The van der Waals surface area contributed by atoms with Crippen LogP contribution < -0.4 is 10.1 Å². The normalized spacial score (nSPS) is 10.3. The molecule has 0 atom stereocenters. The van der Waals surface area contributed by atoms with Gasteiger partial charge in [0.1, 0.15) is 11.6 Å². The molecule has 0 fully saturated rings. The number of nitrogens with one attached hydrogen (secondary N) is 1. The predicted molar refractivity (Wildman–Crippen MR) is 103 cm³/mol. The molecule has 144 valence electrons. The Hall–Kier alpha value is -2.89. The molecule has 0 aliphatic heterocycles. The summed E-state index contributed by atoms with van der Waals surface area (Å²) >= 11 is 0. The second-order valence-electron chi connectivity index (χ2n) is 6.23. The number of carbonyl (C=O) groups is 2. The van der Waals surface area contributed by atoms with Gasteiger partial charge in [-0.25, -0.2) is 4.39 Å². The number of aryl methyl sites for hydroxylation is 1. The lowest BCUT2D eigenvalue weighted by Crippen LogP contribution is -2.39. The van der Waals surface area contributed by atoms with Gasteiger partial charge in [0.05, 0.1) is 19.6 Å². The van der Waals surface area contributed by atoms with Crippen molar-refractivity contribution in [2.75, 3.05) is 25.0 Å². The van der Waals surface area contributed by atoms with Gasteiger partial charge in [-0.2, -0.15) is 0 Å². The lowest BCUT2D eigenvalue weighted by molar-refractivity contribution is -0.135. The first-order valence-corrected chi connectivity index (χ1v) is 9.01. The summed E-state index contributed by atoms with van der Waals surface area (Å²) in [6.07, 6.45) is 0.900. The van der Waals surface area contributed by atoms with Crippen molar-refractivity contribution in [1.29, 1.82) is 0 Å². The van der Waals surface area contributed by atoms with Gasteiger partial charge in [0.2, 0.25) is 11.8 Å². The summed E-state index contributed by atoms with van der Waals surface area (Å²) in [5.41, 5.74) is 1.71. The average molecular weight is 372 g/mol. The molecule has 0 aliphatic carbocycles. The summed E-state index contributed by atoms with van der Waals surface area (Å²) in [6, 6.07) is 13.1. The number of nitrogens with zero attached hydrogens (tertiary/aromatic N) is 1. The molecule has 0 saturated heterocycles. The number of carbonyl (C=O) groups excluding carboxylic acids is 2. The lowest BCUT2D eigenvalue weighted by Gasteiger charge is -2.22. The Morgan fingerprint density at radius 2 is 1.81 bits per heavy atom. The Kier molecular flexibility index (Phi) is 7.79. The van der Waals surface area contributed by atoms with E-state index in [1.165, 1.54) is 29.2 Å². The minimum atomic E-state index is -0.341. The van der Waals surface area contributed by atoms with E-state index >= 15 is 0 Å². The lowest BCUT2D eigenvalue weighted by atomic mass is 10.2. The van der Waals surface area contributed by atoms with E-state index < -0.39 is 0 Å². The molecule has 0 unspecified atom stereocenters. The minimum absolute atomic E-state index is 0.00242. The largest absolute Gasteiger partial charge is 0.493 e. The van der Waals surface area contributed by atoms with Gasteiger partial charge in [0.15, 0.2) is 0 Å². The third kappa shape index (κ3) is 6.73. The van der Waals surface area contributed by atoms with Crippen molar-refractivity contribution in [3.05, 3.63) is 59.9 Å². The minimum Gasteiger partial charge on any atom is -0.493 e. The van der Waals surface area contributed by atoms with Gasteiger partial charge < -0.3 is 15.0 Å². The van der Waals surface area contributed by atoms with Gasteiger partial charge in [-0.1, -0.05) is 25.1 Å². The predicted octanol–water partition coefficient (Wildman–Crippen LogP) is 3.78. The van der Waals surface area contributed by atoms with Crippen LogP contribution in [0, 0.1) is 12.7 Å². The quantitative estimate of drug-likeness (QED) is 0.729. The molecule has 0 bridgehead atoms. The molecule has 2 aromatic carbocycles. The maximum atomic E-state index is 12.9. The Morgan fingerprint density at radius 3 is 2.48 bits per heavy atom. The molecule has 27 heavy (non-hydrogen) atoms. The molecule has 0 spiro atoms. The van der Waals surface area contributed by atoms with Crippen LogP contribution in [0.5, 0.6) is 5.75 Å². The van der Waals surface area contributed by atoms with E-state index in [1.54, 1.807) is 0 Å². The van der Waals surface area contributed by atoms with Crippen LogP contribution in [-0.2, 0) is 9.59 Å². The van der Waals surface area contributed by atoms with Crippen molar-refractivity contribution in [2.24, 2.45) is 0 Å². The monoisotopic (exact) mass is 372 g/mol. The van der Waals surface area contributed by atoms with Crippen LogP contribution >= 0.6 is 0 Å². The highest BCUT2D eigenvalue weighted by Crippen LogP contribution is 2.14. The highest BCUT2D eigenvalue weighted by molar-refractivity contribution is 5.95. The Bertz CT molecular complexity index is 762. The fourth-order valence-electron chi connectivity index (χ4n) is 2.58. The van der Waals surface area contributed by atoms with E-state index in [0.29, 0.717) is 12.3 Å². The maximum Gasteiger partial charge on any atom is 0.244 e. The third-order valence-corrected chi connectivity index (χ3v) is 4.00. The summed E-state index contributed by atoms with van der Waals surface area (Å²) in [5.74, 6) is -0.222. The van der Waals surface area contributed by atoms with Crippen molar-refractivity contribution in [3.63, 3.8) is 0 Å². The molecule has 0 heterocycles. The molecule has 0 aliphatic rings. The molecule has 2 amide bonds. The molecule has 0 radical (unpaired) electrons. The molecule has 6 heteroatoms. The smallest absolute Gasteiger partial charge is 0.244 e. The zero-order valence-electron chi connectivity index (χ0n) is 15.7. The molecule has 0 saturated carbocycles. The first kappa shape index (κ1) is 20.4. The molecule has 1 N–H and O–H groups in total. The Morgan fingerprint density at radius 1 is 1.11 bits per heavy atom. The maximum absolute atomic E-state index is 12.9. The SMILES string of the molecule is CCCN(CC(=O)Nc1ccccc1C)C(=O)CCOc1ccc(F)cc1. The topological polar surface area (TPSA) is 58.6 Å². The van der Waals surface area contributed by atoms with Crippen LogP contribution in [0.1, 0.15) is 25.3 Å². The summed E-state index contributed by atoms with van der Waals surface area (Å²) < 4.78 is 18.3. The Balaban J connectivity index is 1.85. The fraction of sp³-hybridized carbons (Fsp3) is 0.333. The van der Waals surface area contributed by atoms with Gasteiger partial charge in [0, 0.05) is 12.2 Å². The van der Waals surface area contributed by atoms with Crippen molar-refractivity contribution in [2.45, 2.75) is 26.7 Å². The van der Waals surface area contributed by atoms with Crippen LogP contribution in [0.4, 0.5) is 10.1 Å². The number of anilines is 1. The first-order chi connectivity index (χ1) is 13.0. The Labute approximate surface area is 159 Å². The van der Waals surface area contributed by atoms with Crippen molar-refractivity contribution in [1.82, 2.24) is 4.90 Å². The zero-order chi connectivity index (χ0) is 19.6. The molecule has 2 rings (SSSR count). The zero-order valence-corrected chi connectivity index (χ0v) is 15.7. The molecular formula is C21H25FN2O3. The summed E-state index contributed by atoms with van der Waals surface area (Å²) in [4.78, 5) is 26.3. The average Bonchev–Trinajstić information content (AvgIpc) is 2.65. The van der Waals surface area contributed by atoms with E-state index in [0.717, 1.165) is 17.7 Å². The van der Waals surface area contributed by atoms with Gasteiger partial charge in [-0.05, 0) is 49.2 Å². The number of hydrogen-bond acceptors (Lipinski definition) is 3. The van der Waals surface area contributed by atoms with Crippen molar-refractivity contribution < 1.29 is 18.7 Å². The van der Waals surface area contributed by atoms with Gasteiger partial charge in [-0.3, -0.25) is 9.59 Å². The number of rotatable bonds is 9.